The molecule has 0 radical (unpaired) electrons. The first-order valence-electron chi connectivity index (χ1n) is 11.4. The summed E-state index contributed by atoms with van der Waals surface area (Å²) >= 11 is 0. The number of alkyl halides is 3. The van der Waals surface area contributed by atoms with Gasteiger partial charge in [-0.3, -0.25) is 23.9 Å². The molecule has 1 saturated carbocycles. The fourth-order valence-electron chi connectivity index (χ4n) is 4.54. The van der Waals surface area contributed by atoms with Crippen LogP contribution < -0.4 is 10.6 Å². The van der Waals surface area contributed by atoms with Gasteiger partial charge in [-0.2, -0.15) is 0 Å². The molecule has 3 rings (SSSR count). The molecular formula is C22H32F3N3O6. The number of aliphatic hydroxyl groups is 1. The standard InChI is InChI=1S/C22H32F3N3O6/c1-20(2,3)16(30)19(33)28-11-21(5-6-21)9-14(28)18(32)27-13(8-12-4-7-26-17(12)31)15(29)10-34-22(23,24)25/h12-14,16,30H,4-11H2,1-3H3,(H,26,31)(H,27,32)/t12-,13-,14-,16-/m0/s1. The molecule has 0 bridgehead atoms. The van der Waals surface area contributed by atoms with E-state index in [1.54, 1.807) is 20.8 Å². The van der Waals surface area contributed by atoms with E-state index < -0.39 is 60.1 Å². The topological polar surface area (TPSA) is 125 Å². The molecule has 34 heavy (non-hydrogen) atoms. The normalized spacial score (nSPS) is 25.7. The number of ketones is 1. The third-order valence-corrected chi connectivity index (χ3v) is 6.87. The van der Waals surface area contributed by atoms with Gasteiger partial charge in [0.15, 0.2) is 5.78 Å². The molecule has 1 aliphatic carbocycles. The van der Waals surface area contributed by atoms with Crippen LogP contribution in [0.3, 0.4) is 0 Å². The summed E-state index contributed by atoms with van der Waals surface area (Å²) in [6, 6.07) is -2.35. The molecule has 2 saturated heterocycles. The van der Waals surface area contributed by atoms with E-state index >= 15 is 0 Å². The fraction of sp³-hybridized carbons (Fsp3) is 0.818. The average molecular weight is 492 g/mol. The van der Waals surface area contributed by atoms with Gasteiger partial charge in [0.25, 0.3) is 5.91 Å². The van der Waals surface area contributed by atoms with Gasteiger partial charge in [0, 0.05) is 19.0 Å². The Morgan fingerprint density at radius 3 is 2.41 bits per heavy atom. The molecule has 3 fully saturated rings. The highest BCUT2D eigenvalue weighted by Crippen LogP contribution is 2.55. The van der Waals surface area contributed by atoms with E-state index in [0.717, 1.165) is 12.8 Å². The Kier molecular flexibility index (Phi) is 7.33. The monoisotopic (exact) mass is 491 g/mol. The lowest BCUT2D eigenvalue weighted by Gasteiger charge is -2.32. The van der Waals surface area contributed by atoms with Crippen LogP contribution in [0.2, 0.25) is 0 Å². The zero-order valence-corrected chi connectivity index (χ0v) is 19.5. The summed E-state index contributed by atoms with van der Waals surface area (Å²) in [5.74, 6) is -3.29. The predicted octanol–water partition coefficient (Wildman–Crippen LogP) is 0.891. The van der Waals surface area contributed by atoms with Gasteiger partial charge in [-0.25, -0.2) is 0 Å². The number of aliphatic hydroxyl groups excluding tert-OH is 1. The first-order valence-corrected chi connectivity index (χ1v) is 11.4. The molecule has 1 spiro atoms. The number of ether oxygens (including phenoxy) is 1. The van der Waals surface area contributed by atoms with Gasteiger partial charge < -0.3 is 20.6 Å². The third kappa shape index (κ3) is 6.26. The van der Waals surface area contributed by atoms with Crippen LogP contribution in [0.5, 0.6) is 0 Å². The molecule has 9 nitrogen and oxygen atoms in total. The molecule has 0 unspecified atom stereocenters. The van der Waals surface area contributed by atoms with Gasteiger partial charge in [0.05, 0.1) is 6.04 Å². The molecule has 3 aliphatic rings. The molecule has 0 aromatic rings. The van der Waals surface area contributed by atoms with Crippen molar-refractivity contribution in [3.63, 3.8) is 0 Å². The lowest BCUT2D eigenvalue weighted by atomic mass is 9.88. The minimum Gasteiger partial charge on any atom is -0.383 e. The van der Waals surface area contributed by atoms with Gasteiger partial charge in [-0.1, -0.05) is 20.8 Å². The van der Waals surface area contributed by atoms with Crippen LogP contribution >= 0.6 is 0 Å². The molecule has 12 heteroatoms. The number of likely N-dealkylation sites (tertiary alicyclic amines) is 1. The summed E-state index contributed by atoms with van der Waals surface area (Å²) in [5.41, 5.74) is -0.986. The van der Waals surface area contributed by atoms with Crippen molar-refractivity contribution in [2.24, 2.45) is 16.7 Å². The molecular weight excluding hydrogens is 459 g/mol. The maximum Gasteiger partial charge on any atom is 0.522 e. The molecule has 192 valence electrons. The number of halogens is 3. The maximum absolute atomic E-state index is 13.2. The molecule has 4 atom stereocenters. The second kappa shape index (κ2) is 9.44. The minimum atomic E-state index is -5.02. The second-order valence-electron chi connectivity index (χ2n) is 10.7. The average Bonchev–Trinajstić information content (AvgIpc) is 3.18. The number of carbonyl (C=O) groups excluding carboxylic acids is 4. The van der Waals surface area contributed by atoms with Gasteiger partial charge in [0.1, 0.15) is 18.8 Å². The van der Waals surface area contributed by atoms with Gasteiger partial charge in [-0.15, -0.1) is 13.2 Å². The highest BCUT2D eigenvalue weighted by Gasteiger charge is 2.56. The summed E-state index contributed by atoms with van der Waals surface area (Å²) in [4.78, 5) is 52.0. The van der Waals surface area contributed by atoms with Crippen LogP contribution in [-0.2, 0) is 23.9 Å². The van der Waals surface area contributed by atoms with E-state index in [-0.39, 0.29) is 24.3 Å². The van der Waals surface area contributed by atoms with E-state index in [1.807, 2.05) is 0 Å². The second-order valence-corrected chi connectivity index (χ2v) is 10.7. The highest BCUT2D eigenvalue weighted by molar-refractivity contribution is 5.95. The summed E-state index contributed by atoms with van der Waals surface area (Å²) < 4.78 is 41.0. The van der Waals surface area contributed by atoms with Gasteiger partial charge >= 0.3 is 6.36 Å². The first-order chi connectivity index (χ1) is 15.6. The number of hydrogen-bond donors (Lipinski definition) is 3. The zero-order chi connectivity index (χ0) is 25.5. The zero-order valence-electron chi connectivity index (χ0n) is 19.5. The number of nitrogens with zero attached hydrogens (tertiary/aromatic N) is 1. The Morgan fingerprint density at radius 2 is 1.91 bits per heavy atom. The molecule has 3 amide bonds. The molecule has 0 aromatic carbocycles. The Morgan fingerprint density at radius 1 is 1.26 bits per heavy atom. The molecule has 2 aliphatic heterocycles. The Bertz CT molecular complexity index is 837. The Balaban J connectivity index is 1.75. The lowest BCUT2D eigenvalue weighted by molar-refractivity contribution is -0.321. The predicted molar refractivity (Wildman–Crippen MR) is 112 cm³/mol. The number of Topliss-reactive ketones (excluding diaryl/α,β-unsaturated/α-hetero) is 1. The highest BCUT2D eigenvalue weighted by atomic mass is 19.4. The van der Waals surface area contributed by atoms with Crippen molar-refractivity contribution in [2.45, 2.75) is 77.4 Å². The summed E-state index contributed by atoms with van der Waals surface area (Å²) in [5, 5.41) is 15.6. The third-order valence-electron chi connectivity index (χ3n) is 6.87. The van der Waals surface area contributed by atoms with Crippen LogP contribution in [0, 0.1) is 16.7 Å². The largest absolute Gasteiger partial charge is 0.522 e. The van der Waals surface area contributed by atoms with Crippen LogP contribution in [-0.4, -0.2) is 77.8 Å². The molecule has 0 aromatic heterocycles. The Labute approximate surface area is 195 Å². The molecule has 2 heterocycles. The van der Waals surface area contributed by atoms with Crippen LogP contribution in [0.25, 0.3) is 0 Å². The number of carbonyl (C=O) groups is 4. The summed E-state index contributed by atoms with van der Waals surface area (Å²) in [6.45, 7) is 4.43. The molecule has 3 N–H and O–H groups in total. The van der Waals surface area contributed by atoms with Crippen LogP contribution in [0.1, 0.15) is 52.9 Å². The number of amides is 3. The summed E-state index contributed by atoms with van der Waals surface area (Å²) in [7, 11) is 0. The first kappa shape index (κ1) is 26.4. The SMILES string of the molecule is CC(C)(C)[C@@H](O)C(=O)N1CC2(CC2)C[C@H]1C(=O)N[C@@H](C[C@@H]1CCNC1=O)C(=O)COC(F)(F)F. The minimum absolute atomic E-state index is 0.173. The van der Waals surface area contributed by atoms with E-state index in [4.69, 9.17) is 0 Å². The van der Waals surface area contributed by atoms with Crippen LogP contribution in [0.15, 0.2) is 0 Å². The van der Waals surface area contributed by atoms with Crippen molar-refractivity contribution >= 4 is 23.5 Å². The number of hydrogen-bond acceptors (Lipinski definition) is 6. The lowest BCUT2D eigenvalue weighted by Crippen LogP contribution is -2.55. The van der Waals surface area contributed by atoms with Crippen LogP contribution in [0.4, 0.5) is 13.2 Å². The number of nitrogens with one attached hydrogen (secondary N) is 2. The van der Waals surface area contributed by atoms with E-state index in [1.165, 1.54) is 4.90 Å². The van der Waals surface area contributed by atoms with Crippen molar-refractivity contribution in [3.05, 3.63) is 0 Å². The van der Waals surface area contributed by atoms with Gasteiger partial charge in [0.2, 0.25) is 11.8 Å². The van der Waals surface area contributed by atoms with E-state index in [9.17, 15) is 37.5 Å². The summed E-state index contributed by atoms with van der Waals surface area (Å²) in [6.07, 6.45) is -4.19. The fourth-order valence-corrected chi connectivity index (χ4v) is 4.54. The quantitative estimate of drug-likeness (QED) is 0.463. The Hall–Kier alpha value is -2.21. The van der Waals surface area contributed by atoms with Crippen molar-refractivity contribution in [2.75, 3.05) is 19.7 Å². The van der Waals surface area contributed by atoms with Crippen molar-refractivity contribution in [1.82, 2.24) is 15.5 Å². The van der Waals surface area contributed by atoms with Crippen molar-refractivity contribution in [3.8, 4) is 0 Å². The number of rotatable bonds is 8. The van der Waals surface area contributed by atoms with E-state index in [0.29, 0.717) is 19.4 Å². The maximum atomic E-state index is 13.2. The van der Waals surface area contributed by atoms with Crippen molar-refractivity contribution in [1.29, 1.82) is 0 Å². The van der Waals surface area contributed by atoms with Crippen molar-refractivity contribution < 1.29 is 42.2 Å². The van der Waals surface area contributed by atoms with Gasteiger partial charge in [-0.05, 0) is 42.9 Å². The van der Waals surface area contributed by atoms with E-state index in [2.05, 4.69) is 15.4 Å². The smallest absolute Gasteiger partial charge is 0.383 e.